The Bertz CT molecular complexity index is 822. The molecular weight excluding hydrogens is 324 g/mol. The molecule has 3 aromatic heterocycles. The van der Waals surface area contributed by atoms with Crippen LogP contribution in [0.5, 0.6) is 0 Å². The van der Waals surface area contributed by atoms with Crippen LogP contribution in [0.2, 0.25) is 0 Å². The van der Waals surface area contributed by atoms with E-state index in [1.165, 1.54) is 0 Å². The third-order valence-electron chi connectivity index (χ3n) is 4.42. The van der Waals surface area contributed by atoms with E-state index in [9.17, 15) is 0 Å². The van der Waals surface area contributed by atoms with E-state index in [4.69, 9.17) is 4.52 Å². The Kier molecular flexibility index (Phi) is 3.93. The van der Waals surface area contributed by atoms with Crippen molar-refractivity contribution in [2.75, 3.05) is 6.54 Å². The van der Waals surface area contributed by atoms with Gasteiger partial charge in [0.15, 0.2) is 0 Å². The van der Waals surface area contributed by atoms with Crippen LogP contribution >= 0.6 is 11.3 Å². The third kappa shape index (κ3) is 2.65. The van der Waals surface area contributed by atoms with E-state index in [2.05, 4.69) is 50.6 Å². The predicted molar refractivity (Wildman–Crippen MR) is 90.5 cm³/mol. The van der Waals surface area contributed by atoms with Crippen molar-refractivity contribution in [1.29, 1.82) is 0 Å². The van der Waals surface area contributed by atoms with E-state index >= 15 is 0 Å². The zero-order valence-corrected chi connectivity index (χ0v) is 14.8. The van der Waals surface area contributed by atoms with Gasteiger partial charge in [0.1, 0.15) is 11.6 Å². The van der Waals surface area contributed by atoms with Gasteiger partial charge >= 0.3 is 0 Å². The van der Waals surface area contributed by atoms with Crippen LogP contribution in [-0.2, 0) is 13.1 Å². The SMILES string of the molecule is CC(C)c1nnc2n1CCN([C@@H](C)c1nc(-c3cccs3)no1)C2. The first kappa shape index (κ1) is 15.5. The Hall–Kier alpha value is -2.06. The van der Waals surface area contributed by atoms with Gasteiger partial charge in [-0.25, -0.2) is 0 Å². The Morgan fingerprint density at radius 2 is 2.08 bits per heavy atom. The molecule has 24 heavy (non-hydrogen) atoms. The first-order valence-electron chi connectivity index (χ1n) is 8.17. The van der Waals surface area contributed by atoms with E-state index in [0.29, 0.717) is 17.6 Å². The van der Waals surface area contributed by atoms with Gasteiger partial charge in [-0.1, -0.05) is 25.1 Å². The number of fused-ring (bicyclic) bond motifs is 1. The van der Waals surface area contributed by atoms with Gasteiger partial charge in [0.25, 0.3) is 0 Å². The van der Waals surface area contributed by atoms with Crippen molar-refractivity contribution in [3.63, 3.8) is 0 Å². The Balaban J connectivity index is 1.52. The lowest BCUT2D eigenvalue weighted by atomic mass is 10.2. The average molecular weight is 344 g/mol. The van der Waals surface area contributed by atoms with Gasteiger partial charge in [-0.3, -0.25) is 4.90 Å². The molecule has 4 heterocycles. The molecule has 1 atom stereocenters. The van der Waals surface area contributed by atoms with Crippen LogP contribution in [0.3, 0.4) is 0 Å². The van der Waals surface area contributed by atoms with Crippen molar-refractivity contribution in [2.45, 2.75) is 45.8 Å². The maximum Gasteiger partial charge on any atom is 0.244 e. The van der Waals surface area contributed by atoms with Crippen molar-refractivity contribution < 1.29 is 4.52 Å². The summed E-state index contributed by atoms with van der Waals surface area (Å²) in [5, 5.41) is 14.8. The molecule has 0 saturated carbocycles. The standard InChI is InChI=1S/C16H20N6OS/c1-10(2)15-19-18-13-9-21(6-7-22(13)15)11(3)16-17-14(20-23-16)12-5-4-8-24-12/h4-5,8,10-11H,6-7,9H2,1-3H3/t11-/m0/s1. The van der Waals surface area contributed by atoms with Crippen LogP contribution in [0.25, 0.3) is 10.7 Å². The molecule has 0 spiro atoms. The molecule has 0 unspecified atom stereocenters. The summed E-state index contributed by atoms with van der Waals surface area (Å²) >= 11 is 1.61. The zero-order chi connectivity index (χ0) is 16.7. The number of aromatic nitrogens is 5. The Labute approximate surface area is 144 Å². The number of nitrogens with zero attached hydrogens (tertiary/aromatic N) is 6. The molecule has 1 aliphatic heterocycles. The summed E-state index contributed by atoms with van der Waals surface area (Å²) in [4.78, 5) is 7.90. The van der Waals surface area contributed by atoms with Gasteiger partial charge in [-0.2, -0.15) is 4.98 Å². The van der Waals surface area contributed by atoms with Crippen LogP contribution in [-0.4, -0.2) is 36.3 Å². The summed E-state index contributed by atoms with van der Waals surface area (Å²) in [6, 6.07) is 4.04. The number of rotatable bonds is 4. The quantitative estimate of drug-likeness (QED) is 0.724. The van der Waals surface area contributed by atoms with Gasteiger partial charge in [0.05, 0.1) is 17.5 Å². The highest BCUT2D eigenvalue weighted by Gasteiger charge is 2.28. The molecule has 1 aliphatic rings. The fraction of sp³-hybridized carbons (Fsp3) is 0.500. The summed E-state index contributed by atoms with van der Waals surface area (Å²) in [7, 11) is 0. The van der Waals surface area contributed by atoms with Gasteiger partial charge in [-0.05, 0) is 18.4 Å². The second kappa shape index (κ2) is 6.10. The lowest BCUT2D eigenvalue weighted by molar-refractivity contribution is 0.135. The highest BCUT2D eigenvalue weighted by Crippen LogP contribution is 2.28. The van der Waals surface area contributed by atoms with Gasteiger partial charge in [0.2, 0.25) is 11.7 Å². The first-order valence-corrected chi connectivity index (χ1v) is 9.05. The smallest absolute Gasteiger partial charge is 0.244 e. The minimum atomic E-state index is 0.0548. The first-order chi connectivity index (χ1) is 11.6. The number of hydrogen-bond acceptors (Lipinski definition) is 7. The zero-order valence-electron chi connectivity index (χ0n) is 14.0. The lowest BCUT2D eigenvalue weighted by Crippen LogP contribution is -2.36. The van der Waals surface area contributed by atoms with Crippen molar-refractivity contribution in [3.8, 4) is 10.7 Å². The normalized spacial score (nSPS) is 16.5. The average Bonchev–Trinajstić information content (AvgIpc) is 3.31. The maximum absolute atomic E-state index is 5.50. The lowest BCUT2D eigenvalue weighted by Gasteiger charge is -2.31. The van der Waals surface area contributed by atoms with Crippen LogP contribution in [0.15, 0.2) is 22.0 Å². The third-order valence-corrected chi connectivity index (χ3v) is 5.28. The molecule has 0 aliphatic carbocycles. The molecule has 3 aromatic rings. The molecule has 0 bridgehead atoms. The molecule has 0 saturated heterocycles. The minimum absolute atomic E-state index is 0.0548. The molecule has 0 N–H and O–H groups in total. The fourth-order valence-corrected chi connectivity index (χ4v) is 3.67. The van der Waals surface area contributed by atoms with Gasteiger partial charge < -0.3 is 9.09 Å². The van der Waals surface area contributed by atoms with E-state index in [1.807, 2.05) is 17.5 Å². The van der Waals surface area contributed by atoms with E-state index in [0.717, 1.165) is 36.2 Å². The van der Waals surface area contributed by atoms with Crippen molar-refractivity contribution >= 4 is 11.3 Å². The van der Waals surface area contributed by atoms with Gasteiger partial charge in [0, 0.05) is 19.0 Å². The fourth-order valence-electron chi connectivity index (χ4n) is 3.02. The maximum atomic E-state index is 5.50. The van der Waals surface area contributed by atoms with Crippen LogP contribution in [0, 0.1) is 0 Å². The topological polar surface area (TPSA) is 72.9 Å². The molecule has 7 nitrogen and oxygen atoms in total. The van der Waals surface area contributed by atoms with Gasteiger partial charge in [-0.15, -0.1) is 21.5 Å². The summed E-state index contributed by atoms with van der Waals surface area (Å²) in [6.07, 6.45) is 0. The van der Waals surface area contributed by atoms with E-state index < -0.39 is 0 Å². The Morgan fingerprint density at radius 3 is 2.83 bits per heavy atom. The summed E-state index contributed by atoms with van der Waals surface area (Å²) in [6.45, 7) is 8.96. The van der Waals surface area contributed by atoms with E-state index in [-0.39, 0.29) is 6.04 Å². The molecule has 0 radical (unpaired) electrons. The largest absolute Gasteiger partial charge is 0.337 e. The highest BCUT2D eigenvalue weighted by atomic mass is 32.1. The molecule has 0 amide bonds. The number of hydrogen-bond donors (Lipinski definition) is 0. The second-order valence-corrected chi connectivity index (χ2v) is 7.31. The van der Waals surface area contributed by atoms with Crippen molar-refractivity contribution in [3.05, 3.63) is 35.1 Å². The highest BCUT2D eigenvalue weighted by molar-refractivity contribution is 7.13. The Morgan fingerprint density at radius 1 is 1.21 bits per heavy atom. The predicted octanol–water partition coefficient (Wildman–Crippen LogP) is 3.09. The summed E-state index contributed by atoms with van der Waals surface area (Å²) in [5.74, 6) is 3.77. The van der Waals surface area contributed by atoms with Crippen molar-refractivity contribution in [2.24, 2.45) is 0 Å². The minimum Gasteiger partial charge on any atom is -0.337 e. The number of thiophene rings is 1. The molecule has 0 aromatic carbocycles. The molecular formula is C16H20N6OS. The summed E-state index contributed by atoms with van der Waals surface area (Å²) < 4.78 is 7.73. The van der Waals surface area contributed by atoms with Crippen LogP contribution in [0.4, 0.5) is 0 Å². The molecule has 4 rings (SSSR count). The second-order valence-electron chi connectivity index (χ2n) is 6.36. The van der Waals surface area contributed by atoms with Crippen molar-refractivity contribution in [1.82, 2.24) is 29.8 Å². The molecule has 8 heteroatoms. The molecule has 0 fully saturated rings. The summed E-state index contributed by atoms with van der Waals surface area (Å²) in [5.41, 5.74) is 0. The van der Waals surface area contributed by atoms with E-state index in [1.54, 1.807) is 11.3 Å². The monoisotopic (exact) mass is 344 g/mol. The van der Waals surface area contributed by atoms with Crippen LogP contribution in [0.1, 0.15) is 50.3 Å². The molecule has 126 valence electrons. The van der Waals surface area contributed by atoms with Crippen LogP contribution < -0.4 is 0 Å².